The van der Waals surface area contributed by atoms with E-state index in [-0.39, 0.29) is 19.6 Å². The summed E-state index contributed by atoms with van der Waals surface area (Å²) in [6.45, 7) is 15.6. The molecule has 0 saturated heterocycles. The molecule has 1 saturated carbocycles. The van der Waals surface area contributed by atoms with Gasteiger partial charge in [0.25, 0.3) is 0 Å². The largest absolute Gasteiger partial charge is 0.465 e. The number of ether oxygens (including phenoxy) is 2. The average molecular weight is 437 g/mol. The first-order valence-corrected chi connectivity index (χ1v) is 12.5. The molecular weight excluding hydrogens is 400 g/mol. The van der Waals surface area contributed by atoms with Gasteiger partial charge >= 0.3 is 20.5 Å². The van der Waals surface area contributed by atoms with Crippen LogP contribution >= 0.6 is 0 Å². The minimum Gasteiger partial charge on any atom is -0.465 e. The van der Waals surface area contributed by atoms with Crippen LogP contribution in [-0.4, -0.2) is 44.9 Å². The van der Waals surface area contributed by atoms with Crippen LogP contribution in [0.1, 0.15) is 61.8 Å². The molecule has 1 fully saturated rings. The Bertz CT molecular complexity index is 713. The fraction of sp³-hybridized carbons (Fsp3) is 0.652. The SMILES string of the molecule is CCOC(=O)C1(C(=O)OCC)CC1[Si](OC(C)(C)C)(OC(C)(C)C)c1ccccc1. The predicted molar refractivity (Wildman–Crippen MR) is 118 cm³/mol. The van der Waals surface area contributed by atoms with E-state index >= 15 is 0 Å². The van der Waals surface area contributed by atoms with Gasteiger partial charge in [0, 0.05) is 5.54 Å². The fourth-order valence-electron chi connectivity index (χ4n) is 3.84. The molecule has 168 valence electrons. The molecule has 1 unspecified atom stereocenters. The van der Waals surface area contributed by atoms with E-state index in [1.54, 1.807) is 13.8 Å². The van der Waals surface area contributed by atoms with E-state index < -0.39 is 42.7 Å². The van der Waals surface area contributed by atoms with Crippen molar-refractivity contribution in [2.45, 2.75) is 78.6 Å². The molecule has 0 radical (unpaired) electrons. The van der Waals surface area contributed by atoms with Crippen molar-refractivity contribution < 1.29 is 27.9 Å². The van der Waals surface area contributed by atoms with Gasteiger partial charge in [0.2, 0.25) is 0 Å². The van der Waals surface area contributed by atoms with Gasteiger partial charge in [-0.25, -0.2) is 0 Å². The lowest BCUT2D eigenvalue weighted by Gasteiger charge is -2.42. The second-order valence-electron chi connectivity index (χ2n) is 9.63. The van der Waals surface area contributed by atoms with Crippen molar-refractivity contribution in [2.24, 2.45) is 5.41 Å². The summed E-state index contributed by atoms with van der Waals surface area (Å²) in [4.78, 5) is 26.1. The third kappa shape index (κ3) is 5.13. The van der Waals surface area contributed by atoms with Crippen molar-refractivity contribution in [1.29, 1.82) is 0 Å². The molecule has 0 spiro atoms. The van der Waals surface area contributed by atoms with Crippen LogP contribution < -0.4 is 5.19 Å². The molecule has 0 aromatic heterocycles. The molecule has 1 aliphatic carbocycles. The van der Waals surface area contributed by atoms with E-state index in [0.29, 0.717) is 0 Å². The first-order valence-electron chi connectivity index (χ1n) is 10.6. The maximum atomic E-state index is 13.1. The topological polar surface area (TPSA) is 71.1 Å². The fourth-order valence-corrected chi connectivity index (χ4v) is 8.75. The van der Waals surface area contributed by atoms with E-state index in [1.807, 2.05) is 71.9 Å². The Balaban J connectivity index is 2.68. The molecule has 0 N–H and O–H groups in total. The zero-order chi connectivity index (χ0) is 22.8. The summed E-state index contributed by atoms with van der Waals surface area (Å²) in [5.41, 5.74) is -2.95. The lowest BCUT2D eigenvalue weighted by Crippen LogP contribution is -2.62. The number of hydrogen-bond donors (Lipinski definition) is 0. The van der Waals surface area contributed by atoms with Crippen molar-refractivity contribution in [3.63, 3.8) is 0 Å². The summed E-state index contributed by atoms with van der Waals surface area (Å²) in [6.07, 6.45) is 0.290. The quantitative estimate of drug-likeness (QED) is 0.350. The van der Waals surface area contributed by atoms with Crippen LogP contribution in [0.15, 0.2) is 30.3 Å². The van der Waals surface area contributed by atoms with E-state index in [4.69, 9.17) is 18.3 Å². The molecule has 0 bridgehead atoms. The maximum Gasteiger partial charge on any atom is 0.378 e. The van der Waals surface area contributed by atoms with Gasteiger partial charge < -0.3 is 18.3 Å². The average Bonchev–Trinajstić information content (AvgIpc) is 3.38. The molecule has 1 aliphatic rings. The number of benzene rings is 1. The van der Waals surface area contributed by atoms with Crippen LogP contribution in [-0.2, 0) is 27.9 Å². The summed E-state index contributed by atoms with van der Waals surface area (Å²) >= 11 is 0. The van der Waals surface area contributed by atoms with Gasteiger partial charge in [0.15, 0.2) is 5.41 Å². The first kappa shape index (κ1) is 24.6. The predicted octanol–water partition coefficient (Wildman–Crippen LogP) is 3.85. The Morgan fingerprint density at radius 3 is 1.70 bits per heavy atom. The van der Waals surface area contributed by atoms with Crippen LogP contribution in [0, 0.1) is 5.41 Å². The molecule has 0 heterocycles. The van der Waals surface area contributed by atoms with E-state index in [9.17, 15) is 9.59 Å². The molecule has 30 heavy (non-hydrogen) atoms. The van der Waals surface area contributed by atoms with Crippen molar-refractivity contribution >= 4 is 25.7 Å². The summed E-state index contributed by atoms with van der Waals surface area (Å²) in [7, 11) is -3.33. The van der Waals surface area contributed by atoms with Crippen molar-refractivity contribution in [3.05, 3.63) is 30.3 Å². The Labute approximate surface area is 181 Å². The van der Waals surface area contributed by atoms with Crippen LogP contribution in [0.2, 0.25) is 5.54 Å². The summed E-state index contributed by atoms with van der Waals surface area (Å²) in [6, 6.07) is 9.70. The Morgan fingerprint density at radius 2 is 1.33 bits per heavy atom. The molecule has 1 atom stereocenters. The third-order valence-corrected chi connectivity index (χ3v) is 9.37. The zero-order valence-corrected chi connectivity index (χ0v) is 20.5. The molecule has 7 heteroatoms. The van der Waals surface area contributed by atoms with Gasteiger partial charge in [-0.2, -0.15) is 0 Å². The second-order valence-corrected chi connectivity index (χ2v) is 12.6. The minimum atomic E-state index is -3.33. The van der Waals surface area contributed by atoms with Crippen molar-refractivity contribution in [2.75, 3.05) is 13.2 Å². The zero-order valence-electron chi connectivity index (χ0n) is 19.5. The number of carbonyl (C=O) groups excluding carboxylic acids is 2. The Kier molecular flexibility index (Phi) is 7.21. The highest BCUT2D eigenvalue weighted by Gasteiger charge is 2.78. The number of esters is 2. The normalized spacial score (nSPS) is 18.6. The van der Waals surface area contributed by atoms with Crippen molar-refractivity contribution in [3.8, 4) is 0 Å². The van der Waals surface area contributed by atoms with Gasteiger partial charge in [-0.05, 0) is 67.0 Å². The smallest absolute Gasteiger partial charge is 0.378 e. The summed E-state index contributed by atoms with van der Waals surface area (Å²) in [5, 5.41) is 0.885. The molecule has 1 aromatic rings. The first-order chi connectivity index (χ1) is 13.8. The van der Waals surface area contributed by atoms with Gasteiger partial charge in [0.1, 0.15) is 0 Å². The number of carbonyl (C=O) groups is 2. The van der Waals surface area contributed by atoms with E-state index in [1.165, 1.54) is 0 Å². The highest BCUT2D eigenvalue weighted by molar-refractivity contribution is 6.84. The van der Waals surface area contributed by atoms with Crippen molar-refractivity contribution in [1.82, 2.24) is 0 Å². The maximum absolute atomic E-state index is 13.1. The van der Waals surface area contributed by atoms with Gasteiger partial charge in [-0.3, -0.25) is 9.59 Å². The summed E-state index contributed by atoms with van der Waals surface area (Å²) < 4.78 is 24.1. The van der Waals surface area contributed by atoms with Gasteiger partial charge in [-0.15, -0.1) is 0 Å². The molecule has 6 nitrogen and oxygen atoms in total. The van der Waals surface area contributed by atoms with Gasteiger partial charge in [-0.1, -0.05) is 30.3 Å². The van der Waals surface area contributed by atoms with Crippen LogP contribution in [0.5, 0.6) is 0 Å². The van der Waals surface area contributed by atoms with Crippen LogP contribution in [0.25, 0.3) is 0 Å². The standard InChI is InChI=1S/C23H36O6Si/c1-9-26-19(24)23(20(25)27-10-2)16-18(23)30(28-21(3,4)5,29-22(6,7)8)17-14-12-11-13-15-17/h11-15,18H,9-10,16H2,1-8H3. The minimum absolute atomic E-state index is 0.187. The number of hydrogen-bond acceptors (Lipinski definition) is 6. The molecule has 0 amide bonds. The lowest BCUT2D eigenvalue weighted by atomic mass is 10.1. The van der Waals surface area contributed by atoms with Crippen LogP contribution in [0.3, 0.4) is 0 Å². The van der Waals surface area contributed by atoms with E-state index in [2.05, 4.69) is 0 Å². The van der Waals surface area contributed by atoms with E-state index in [0.717, 1.165) is 5.19 Å². The second kappa shape index (κ2) is 8.81. The lowest BCUT2D eigenvalue weighted by molar-refractivity contribution is -0.164. The molecule has 0 aliphatic heterocycles. The Morgan fingerprint density at radius 1 is 0.900 bits per heavy atom. The Hall–Kier alpha value is -1.70. The highest BCUT2D eigenvalue weighted by Crippen LogP contribution is 2.65. The van der Waals surface area contributed by atoms with Gasteiger partial charge in [0.05, 0.1) is 24.4 Å². The molecule has 2 rings (SSSR count). The van der Waals surface area contributed by atoms with Crippen LogP contribution in [0.4, 0.5) is 0 Å². The highest BCUT2D eigenvalue weighted by atomic mass is 28.4. The summed E-state index contributed by atoms with van der Waals surface area (Å²) in [5.74, 6) is -1.12. The molecular formula is C23H36O6Si. The third-order valence-electron chi connectivity index (χ3n) is 4.79. The molecule has 1 aromatic carbocycles. The number of rotatable bonds is 8. The monoisotopic (exact) mass is 436 g/mol.